The molecule has 1 aromatic heterocycles. The van der Waals surface area contributed by atoms with Crippen LogP contribution in [-0.4, -0.2) is 42.2 Å². The molecule has 1 amide bonds. The Morgan fingerprint density at radius 2 is 2.20 bits per heavy atom. The fraction of sp³-hybridized carbons (Fsp3) is 0.588. The van der Waals surface area contributed by atoms with Gasteiger partial charge in [-0.25, -0.2) is 8.42 Å². The number of amides is 1. The van der Waals surface area contributed by atoms with Crippen molar-refractivity contribution in [1.29, 1.82) is 5.26 Å². The second kappa shape index (κ2) is 7.83. The Bertz CT molecular complexity index is 831. The van der Waals surface area contributed by atoms with Gasteiger partial charge in [0, 0.05) is 17.8 Å². The summed E-state index contributed by atoms with van der Waals surface area (Å²) >= 11 is 0. The lowest BCUT2D eigenvalue weighted by Gasteiger charge is -2.11. The lowest BCUT2D eigenvalue weighted by Crippen LogP contribution is -2.25. The summed E-state index contributed by atoms with van der Waals surface area (Å²) in [7, 11) is -3.01. The minimum atomic E-state index is -3.01. The van der Waals surface area contributed by atoms with Crippen molar-refractivity contribution in [2.24, 2.45) is 0 Å². The number of carbonyl (C=O) groups excluding carboxylic acids is 1. The zero-order chi connectivity index (χ0) is 18.6. The number of sulfone groups is 1. The molecule has 1 atom stereocenters. The van der Waals surface area contributed by atoms with E-state index in [-0.39, 0.29) is 23.1 Å². The smallest absolute Gasteiger partial charge is 0.261 e. The SMILES string of the molecule is CCCCNC(=O)/C(C#N)=C/c1c(C)nn([C@H]2CCS(=O)(=O)C2)c1C. The number of nitriles is 1. The van der Waals surface area contributed by atoms with Crippen LogP contribution in [0.2, 0.25) is 0 Å². The van der Waals surface area contributed by atoms with Gasteiger partial charge in [0.1, 0.15) is 11.6 Å². The van der Waals surface area contributed by atoms with Gasteiger partial charge in [0.2, 0.25) is 0 Å². The number of hydrogen-bond acceptors (Lipinski definition) is 5. The zero-order valence-corrected chi connectivity index (χ0v) is 15.7. The van der Waals surface area contributed by atoms with E-state index in [2.05, 4.69) is 10.4 Å². The molecule has 0 bridgehead atoms. The monoisotopic (exact) mass is 364 g/mol. The molecule has 1 fully saturated rings. The minimum Gasteiger partial charge on any atom is -0.351 e. The highest BCUT2D eigenvalue weighted by Crippen LogP contribution is 2.27. The first-order valence-corrected chi connectivity index (χ1v) is 10.3. The molecule has 1 aliphatic rings. The van der Waals surface area contributed by atoms with Crippen LogP contribution in [0.5, 0.6) is 0 Å². The molecule has 1 aromatic rings. The number of nitrogens with one attached hydrogen (secondary N) is 1. The number of aromatic nitrogens is 2. The van der Waals surface area contributed by atoms with Crippen LogP contribution < -0.4 is 5.32 Å². The molecule has 0 saturated carbocycles. The minimum absolute atomic E-state index is 0.0286. The average Bonchev–Trinajstić information content (AvgIpc) is 3.05. The first kappa shape index (κ1) is 19.2. The van der Waals surface area contributed by atoms with Crippen molar-refractivity contribution in [3.05, 3.63) is 22.5 Å². The van der Waals surface area contributed by atoms with Gasteiger partial charge in [-0.3, -0.25) is 9.48 Å². The lowest BCUT2D eigenvalue weighted by atomic mass is 10.1. The fourth-order valence-corrected chi connectivity index (χ4v) is 4.67. The highest BCUT2D eigenvalue weighted by Gasteiger charge is 2.31. The Hall–Kier alpha value is -2.14. The van der Waals surface area contributed by atoms with Gasteiger partial charge in [0.15, 0.2) is 9.84 Å². The summed E-state index contributed by atoms with van der Waals surface area (Å²) in [5.41, 5.74) is 2.18. The van der Waals surface area contributed by atoms with E-state index in [0.717, 1.165) is 18.5 Å². The van der Waals surface area contributed by atoms with Gasteiger partial charge in [0.05, 0.1) is 23.2 Å². The first-order valence-electron chi connectivity index (χ1n) is 8.45. The number of aryl methyl sites for hydroxylation is 1. The number of rotatable bonds is 6. The predicted molar refractivity (Wildman–Crippen MR) is 95.5 cm³/mol. The number of unbranched alkanes of at least 4 members (excludes halogenated alkanes) is 1. The molecule has 0 aliphatic carbocycles. The van der Waals surface area contributed by atoms with E-state index in [1.165, 1.54) is 0 Å². The molecule has 0 unspecified atom stereocenters. The van der Waals surface area contributed by atoms with E-state index < -0.39 is 15.7 Å². The molecule has 0 radical (unpaired) electrons. The maximum Gasteiger partial charge on any atom is 0.261 e. The molecule has 7 nitrogen and oxygen atoms in total. The molecule has 1 N–H and O–H groups in total. The van der Waals surface area contributed by atoms with Gasteiger partial charge in [-0.2, -0.15) is 10.4 Å². The lowest BCUT2D eigenvalue weighted by molar-refractivity contribution is -0.117. The molecule has 25 heavy (non-hydrogen) atoms. The van der Waals surface area contributed by atoms with E-state index in [1.54, 1.807) is 17.7 Å². The van der Waals surface area contributed by atoms with Gasteiger partial charge < -0.3 is 5.32 Å². The van der Waals surface area contributed by atoms with E-state index in [0.29, 0.717) is 24.2 Å². The number of carbonyl (C=O) groups is 1. The van der Waals surface area contributed by atoms with Crippen LogP contribution in [0, 0.1) is 25.2 Å². The topological polar surface area (TPSA) is 105 Å². The molecular formula is C17H24N4O3S. The largest absolute Gasteiger partial charge is 0.351 e. The Kier molecular flexibility index (Phi) is 6.01. The maximum absolute atomic E-state index is 12.1. The zero-order valence-electron chi connectivity index (χ0n) is 14.9. The van der Waals surface area contributed by atoms with E-state index in [9.17, 15) is 18.5 Å². The Morgan fingerprint density at radius 1 is 1.48 bits per heavy atom. The number of hydrogen-bond donors (Lipinski definition) is 1. The number of nitrogens with zero attached hydrogens (tertiary/aromatic N) is 3. The van der Waals surface area contributed by atoms with Gasteiger partial charge in [0.25, 0.3) is 5.91 Å². The van der Waals surface area contributed by atoms with Crippen LogP contribution >= 0.6 is 0 Å². The Morgan fingerprint density at radius 3 is 2.76 bits per heavy atom. The average molecular weight is 364 g/mol. The third-order valence-electron chi connectivity index (χ3n) is 4.40. The van der Waals surface area contributed by atoms with Crippen LogP contribution in [0.25, 0.3) is 6.08 Å². The van der Waals surface area contributed by atoms with Crippen LogP contribution in [0.4, 0.5) is 0 Å². The van der Waals surface area contributed by atoms with E-state index in [4.69, 9.17) is 0 Å². The Balaban J connectivity index is 2.27. The fourth-order valence-electron chi connectivity index (χ4n) is 2.98. The highest BCUT2D eigenvalue weighted by molar-refractivity contribution is 7.91. The van der Waals surface area contributed by atoms with Crippen LogP contribution in [0.1, 0.15) is 49.2 Å². The summed E-state index contributed by atoms with van der Waals surface area (Å²) < 4.78 is 25.1. The summed E-state index contributed by atoms with van der Waals surface area (Å²) in [6.07, 6.45) is 3.90. The van der Waals surface area contributed by atoms with Crippen LogP contribution in [0.3, 0.4) is 0 Å². The van der Waals surface area contributed by atoms with Gasteiger partial charge in [-0.1, -0.05) is 13.3 Å². The predicted octanol–water partition coefficient (Wildman–Crippen LogP) is 1.68. The third-order valence-corrected chi connectivity index (χ3v) is 6.16. The van der Waals surface area contributed by atoms with Gasteiger partial charge in [-0.05, 0) is 32.8 Å². The van der Waals surface area contributed by atoms with E-state index >= 15 is 0 Å². The summed E-state index contributed by atoms with van der Waals surface area (Å²) in [6, 6.07) is 1.75. The van der Waals surface area contributed by atoms with Crippen molar-refractivity contribution in [2.45, 2.75) is 46.1 Å². The molecule has 1 aliphatic heterocycles. The molecule has 2 heterocycles. The van der Waals surface area contributed by atoms with Crippen molar-refractivity contribution in [2.75, 3.05) is 18.1 Å². The molecule has 0 aromatic carbocycles. The summed E-state index contributed by atoms with van der Waals surface area (Å²) in [5, 5.41) is 16.5. The second-order valence-electron chi connectivity index (χ2n) is 6.37. The third kappa shape index (κ3) is 4.48. The summed E-state index contributed by atoms with van der Waals surface area (Å²) in [4.78, 5) is 12.1. The van der Waals surface area contributed by atoms with Crippen molar-refractivity contribution in [3.8, 4) is 6.07 Å². The Labute approximate surface area is 148 Å². The standard InChI is InChI=1S/C17H24N4O3S/c1-4-5-7-19-17(22)14(10-18)9-16-12(2)20-21(13(16)3)15-6-8-25(23,24)11-15/h9,15H,4-8,11H2,1-3H3,(H,19,22)/b14-9+/t15-/m0/s1. The first-order chi connectivity index (χ1) is 11.8. The normalized spacial score (nSPS) is 19.6. The second-order valence-corrected chi connectivity index (χ2v) is 8.59. The highest BCUT2D eigenvalue weighted by atomic mass is 32.2. The quantitative estimate of drug-likeness (QED) is 0.470. The molecule has 2 rings (SSSR count). The molecule has 0 spiro atoms. The summed E-state index contributed by atoms with van der Waals surface area (Å²) in [6.45, 7) is 6.19. The van der Waals surface area contributed by atoms with Crippen LogP contribution in [-0.2, 0) is 14.6 Å². The van der Waals surface area contributed by atoms with Crippen molar-refractivity contribution < 1.29 is 13.2 Å². The van der Waals surface area contributed by atoms with Crippen LogP contribution in [0.15, 0.2) is 5.57 Å². The van der Waals surface area contributed by atoms with E-state index in [1.807, 2.05) is 19.9 Å². The molecule has 8 heteroatoms. The van der Waals surface area contributed by atoms with Gasteiger partial charge in [-0.15, -0.1) is 0 Å². The van der Waals surface area contributed by atoms with Crippen molar-refractivity contribution >= 4 is 21.8 Å². The molecular weight excluding hydrogens is 340 g/mol. The van der Waals surface area contributed by atoms with Crippen molar-refractivity contribution in [1.82, 2.24) is 15.1 Å². The molecule has 1 saturated heterocycles. The maximum atomic E-state index is 12.1. The van der Waals surface area contributed by atoms with Gasteiger partial charge >= 0.3 is 0 Å². The summed E-state index contributed by atoms with van der Waals surface area (Å²) in [5.74, 6) is -0.142. The van der Waals surface area contributed by atoms with Crippen molar-refractivity contribution in [3.63, 3.8) is 0 Å². The molecule has 136 valence electrons.